The number of fused-ring (bicyclic) bond motifs is 1. The first-order valence-corrected chi connectivity index (χ1v) is 14.1. The highest BCUT2D eigenvalue weighted by Gasteiger charge is 2.26. The smallest absolute Gasteiger partial charge is 0.410 e. The minimum atomic E-state index is -0.491. The van der Waals surface area contributed by atoms with Gasteiger partial charge in [0.2, 0.25) is 5.95 Å². The molecule has 2 aliphatic rings. The van der Waals surface area contributed by atoms with Crippen LogP contribution in [0.4, 0.5) is 22.1 Å². The van der Waals surface area contributed by atoms with Gasteiger partial charge in [0.05, 0.1) is 4.47 Å². The molecular formula is C28H35BrN6O3. The summed E-state index contributed by atoms with van der Waals surface area (Å²) in [5, 5.41) is 4.19. The minimum absolute atomic E-state index is 0.0253. The lowest BCUT2D eigenvalue weighted by Crippen LogP contribution is -2.50. The number of hydrogen-bond acceptors (Lipinski definition) is 7. The monoisotopic (exact) mass is 582 g/mol. The van der Waals surface area contributed by atoms with Gasteiger partial charge in [0.25, 0.3) is 5.56 Å². The highest BCUT2D eigenvalue weighted by molar-refractivity contribution is 9.10. The van der Waals surface area contributed by atoms with Gasteiger partial charge in [-0.1, -0.05) is 12.8 Å². The second kappa shape index (κ2) is 10.6. The minimum Gasteiger partial charge on any atom is -0.444 e. The first kappa shape index (κ1) is 26.5. The molecule has 9 nitrogen and oxygen atoms in total. The fourth-order valence-corrected chi connectivity index (χ4v) is 5.63. The summed E-state index contributed by atoms with van der Waals surface area (Å²) in [6.07, 6.45) is 5.78. The van der Waals surface area contributed by atoms with E-state index < -0.39 is 5.60 Å². The number of piperazine rings is 1. The van der Waals surface area contributed by atoms with Gasteiger partial charge in [-0.2, -0.15) is 4.98 Å². The van der Waals surface area contributed by atoms with Crippen molar-refractivity contribution in [2.75, 3.05) is 36.4 Å². The molecule has 5 rings (SSSR count). The summed E-state index contributed by atoms with van der Waals surface area (Å²) in [6, 6.07) is 8.28. The van der Waals surface area contributed by atoms with E-state index in [1.165, 1.54) is 0 Å². The number of rotatable bonds is 4. The van der Waals surface area contributed by atoms with E-state index in [0.29, 0.717) is 29.2 Å². The normalized spacial score (nSPS) is 16.8. The highest BCUT2D eigenvalue weighted by Crippen LogP contribution is 2.33. The van der Waals surface area contributed by atoms with Crippen molar-refractivity contribution >= 4 is 50.4 Å². The standard InChI is InChI=1S/C28H35BrN6O3/c1-18-22-17-30-26(32-24(22)35(25(36)23(18)29)21-7-5-6-8-21)31-19-9-11-20(12-10-19)33-13-15-34(16-14-33)27(37)38-28(2,3)4/h9-12,17,21H,5-8,13-16H2,1-4H3,(H,30,31,32). The molecule has 10 heteroatoms. The van der Waals surface area contributed by atoms with E-state index in [-0.39, 0.29) is 17.7 Å². The van der Waals surface area contributed by atoms with Gasteiger partial charge < -0.3 is 19.9 Å². The molecule has 1 saturated heterocycles. The third-order valence-electron chi connectivity index (χ3n) is 7.25. The third kappa shape index (κ3) is 5.50. The van der Waals surface area contributed by atoms with Crippen molar-refractivity contribution in [1.29, 1.82) is 0 Å². The maximum absolute atomic E-state index is 13.2. The average molecular weight is 584 g/mol. The Balaban J connectivity index is 1.30. The van der Waals surface area contributed by atoms with Crippen LogP contribution in [0, 0.1) is 6.92 Å². The highest BCUT2D eigenvalue weighted by atomic mass is 79.9. The van der Waals surface area contributed by atoms with E-state index >= 15 is 0 Å². The van der Waals surface area contributed by atoms with Crippen LogP contribution < -0.4 is 15.8 Å². The van der Waals surface area contributed by atoms with E-state index in [9.17, 15) is 9.59 Å². The van der Waals surface area contributed by atoms with Crippen molar-refractivity contribution < 1.29 is 9.53 Å². The Morgan fingerprint density at radius 1 is 1.08 bits per heavy atom. The second-order valence-corrected chi connectivity index (χ2v) is 11.9. The summed E-state index contributed by atoms with van der Waals surface area (Å²) < 4.78 is 7.94. The van der Waals surface area contributed by atoms with Gasteiger partial charge in [-0.15, -0.1) is 0 Å². The topological polar surface area (TPSA) is 92.6 Å². The number of carbonyl (C=O) groups excluding carboxylic acids is 1. The molecule has 1 N–H and O–H groups in total. The number of ether oxygens (including phenoxy) is 1. The number of nitrogens with zero attached hydrogens (tertiary/aromatic N) is 5. The van der Waals surface area contributed by atoms with Crippen molar-refractivity contribution in [2.24, 2.45) is 0 Å². The number of pyridine rings is 1. The van der Waals surface area contributed by atoms with Crippen LogP contribution in [-0.4, -0.2) is 57.3 Å². The van der Waals surface area contributed by atoms with Gasteiger partial charge >= 0.3 is 6.09 Å². The lowest BCUT2D eigenvalue weighted by Gasteiger charge is -2.36. The molecule has 2 fully saturated rings. The molecule has 1 aliphatic heterocycles. The molecule has 202 valence electrons. The van der Waals surface area contributed by atoms with Crippen LogP contribution in [0.3, 0.4) is 0 Å². The van der Waals surface area contributed by atoms with Gasteiger partial charge in [-0.05, 0) is 86.3 Å². The molecule has 0 bridgehead atoms. The van der Waals surface area contributed by atoms with Crippen LogP contribution in [0.15, 0.2) is 39.7 Å². The predicted octanol–water partition coefficient (Wildman–Crippen LogP) is 5.78. The lowest BCUT2D eigenvalue weighted by atomic mass is 10.1. The molecule has 0 spiro atoms. The molecule has 0 radical (unpaired) electrons. The largest absolute Gasteiger partial charge is 0.444 e. The predicted molar refractivity (Wildman–Crippen MR) is 153 cm³/mol. The molecule has 1 aromatic carbocycles. The maximum Gasteiger partial charge on any atom is 0.410 e. The average Bonchev–Trinajstić information content (AvgIpc) is 3.41. The Morgan fingerprint density at radius 3 is 2.37 bits per heavy atom. The first-order valence-electron chi connectivity index (χ1n) is 13.3. The van der Waals surface area contributed by atoms with Gasteiger partial charge in [-0.25, -0.2) is 9.78 Å². The zero-order valence-corrected chi connectivity index (χ0v) is 24.0. The number of carbonyl (C=O) groups is 1. The zero-order chi connectivity index (χ0) is 27.0. The number of aromatic nitrogens is 3. The summed E-state index contributed by atoms with van der Waals surface area (Å²) in [5.41, 5.74) is 2.98. The molecule has 1 saturated carbocycles. The Morgan fingerprint density at radius 2 is 1.74 bits per heavy atom. The molecule has 1 amide bonds. The fraction of sp³-hybridized carbons (Fsp3) is 0.500. The summed E-state index contributed by atoms with van der Waals surface area (Å²) in [7, 11) is 0. The molecule has 0 atom stereocenters. The van der Waals surface area contributed by atoms with E-state index in [2.05, 4.69) is 43.3 Å². The van der Waals surface area contributed by atoms with Gasteiger partial charge in [-0.3, -0.25) is 9.36 Å². The Labute approximate surface area is 231 Å². The van der Waals surface area contributed by atoms with Crippen molar-refractivity contribution in [3.63, 3.8) is 0 Å². The fourth-order valence-electron chi connectivity index (χ4n) is 5.22. The van der Waals surface area contributed by atoms with Crippen LogP contribution in [-0.2, 0) is 4.74 Å². The van der Waals surface area contributed by atoms with Crippen molar-refractivity contribution in [2.45, 2.75) is 65.0 Å². The molecular weight excluding hydrogens is 548 g/mol. The number of halogens is 1. The van der Waals surface area contributed by atoms with E-state index in [4.69, 9.17) is 9.72 Å². The molecule has 0 unspecified atom stereocenters. The van der Waals surface area contributed by atoms with E-state index in [0.717, 1.165) is 61.1 Å². The Bertz CT molecular complexity index is 1380. The van der Waals surface area contributed by atoms with Crippen molar-refractivity contribution in [3.05, 3.63) is 50.9 Å². The van der Waals surface area contributed by atoms with E-state index in [1.54, 1.807) is 11.1 Å². The Kier molecular flexibility index (Phi) is 7.35. The number of hydrogen-bond donors (Lipinski definition) is 1. The van der Waals surface area contributed by atoms with Crippen LogP contribution in [0.25, 0.3) is 11.0 Å². The van der Waals surface area contributed by atoms with Gasteiger partial charge in [0, 0.05) is 55.2 Å². The second-order valence-electron chi connectivity index (χ2n) is 11.1. The van der Waals surface area contributed by atoms with Crippen molar-refractivity contribution in [1.82, 2.24) is 19.4 Å². The summed E-state index contributed by atoms with van der Waals surface area (Å²) in [4.78, 5) is 38.9. The van der Waals surface area contributed by atoms with Gasteiger partial charge in [0.1, 0.15) is 11.2 Å². The van der Waals surface area contributed by atoms with Crippen LogP contribution in [0.1, 0.15) is 58.1 Å². The molecule has 1 aliphatic carbocycles. The van der Waals surface area contributed by atoms with Crippen molar-refractivity contribution in [3.8, 4) is 0 Å². The van der Waals surface area contributed by atoms with Crippen LogP contribution in [0.5, 0.6) is 0 Å². The third-order valence-corrected chi connectivity index (χ3v) is 8.18. The number of benzene rings is 1. The van der Waals surface area contributed by atoms with Gasteiger partial charge in [0.15, 0.2) is 0 Å². The SMILES string of the molecule is Cc1c(Br)c(=O)n(C2CCCC2)c2nc(Nc3ccc(N4CCN(C(=O)OC(C)(C)C)CC4)cc3)ncc12. The first-order chi connectivity index (χ1) is 18.1. The molecule has 3 heterocycles. The molecule has 3 aromatic rings. The Hall–Kier alpha value is -3.14. The number of anilines is 3. The number of aryl methyl sites for hydroxylation is 1. The van der Waals surface area contributed by atoms with Crippen LogP contribution >= 0.6 is 15.9 Å². The van der Waals surface area contributed by atoms with Crippen LogP contribution in [0.2, 0.25) is 0 Å². The summed E-state index contributed by atoms with van der Waals surface area (Å²) in [6.45, 7) is 10.3. The zero-order valence-electron chi connectivity index (χ0n) is 22.5. The molecule has 38 heavy (non-hydrogen) atoms. The lowest BCUT2D eigenvalue weighted by molar-refractivity contribution is 0.0240. The summed E-state index contributed by atoms with van der Waals surface area (Å²) >= 11 is 3.50. The maximum atomic E-state index is 13.2. The van der Waals surface area contributed by atoms with E-state index in [1.807, 2.05) is 44.4 Å². The molecule has 2 aromatic heterocycles. The number of amides is 1. The summed E-state index contributed by atoms with van der Waals surface area (Å²) in [5.74, 6) is 0.462. The number of nitrogens with one attached hydrogen (secondary N) is 1. The quantitative estimate of drug-likeness (QED) is 0.417.